The Morgan fingerprint density at radius 1 is 1.16 bits per heavy atom. The van der Waals surface area contributed by atoms with Gasteiger partial charge in [0.15, 0.2) is 0 Å². The first kappa shape index (κ1) is 19.9. The summed E-state index contributed by atoms with van der Waals surface area (Å²) in [6.45, 7) is 2.12. The van der Waals surface area contributed by atoms with E-state index in [2.05, 4.69) is 5.32 Å². The fraction of sp³-hybridized carbons (Fsp3) is 0.278. The molecule has 0 saturated heterocycles. The smallest absolute Gasteiger partial charge is 0.333 e. The van der Waals surface area contributed by atoms with Gasteiger partial charge in [-0.3, -0.25) is 4.84 Å². The average molecular weight is 402 g/mol. The number of carbonyl (C=O) groups is 1. The molecule has 134 valence electrons. The molecule has 0 aliphatic heterocycles. The number of rotatable bonds is 7. The van der Waals surface area contributed by atoms with E-state index in [1.165, 1.54) is 5.06 Å². The molecule has 1 atom stereocenters. The fourth-order valence-electron chi connectivity index (χ4n) is 2.34. The summed E-state index contributed by atoms with van der Waals surface area (Å²) in [6, 6.07) is 13.9. The number of hydrogen-bond donors (Lipinski definition) is 1. The number of hydroxylamine groups is 1. The summed E-state index contributed by atoms with van der Waals surface area (Å²) in [7, 11) is 0. The van der Waals surface area contributed by atoms with E-state index in [1.807, 2.05) is 37.3 Å². The van der Waals surface area contributed by atoms with Gasteiger partial charge in [0.25, 0.3) is 0 Å². The van der Waals surface area contributed by atoms with Crippen LogP contribution in [0, 0.1) is 0 Å². The zero-order chi connectivity index (χ0) is 18.2. The van der Waals surface area contributed by atoms with Crippen LogP contribution in [0.25, 0.3) is 0 Å². The summed E-state index contributed by atoms with van der Waals surface area (Å²) < 4.78 is 0. The third-order valence-electron chi connectivity index (χ3n) is 3.31. The molecule has 7 heteroatoms. The SMILES string of the molecule is CC(Cc1cc(Cl)cc(Cl)c1)NC(=O)N(OCCCl)c1ccccc1. The Balaban J connectivity index is 2.03. The lowest BCUT2D eigenvalue weighted by Crippen LogP contribution is -2.45. The number of anilines is 1. The van der Waals surface area contributed by atoms with Gasteiger partial charge in [0.1, 0.15) is 0 Å². The number of benzene rings is 2. The largest absolute Gasteiger partial charge is 0.346 e. The minimum atomic E-state index is -0.364. The van der Waals surface area contributed by atoms with Gasteiger partial charge in [-0.1, -0.05) is 41.4 Å². The van der Waals surface area contributed by atoms with Crippen LogP contribution in [0.4, 0.5) is 10.5 Å². The molecule has 2 aromatic rings. The lowest BCUT2D eigenvalue weighted by atomic mass is 10.1. The number of carbonyl (C=O) groups excluding carboxylic acids is 1. The van der Waals surface area contributed by atoms with Crippen molar-refractivity contribution in [1.82, 2.24) is 5.32 Å². The Morgan fingerprint density at radius 3 is 2.40 bits per heavy atom. The van der Waals surface area contributed by atoms with Crippen LogP contribution in [0.5, 0.6) is 0 Å². The summed E-state index contributed by atoms with van der Waals surface area (Å²) >= 11 is 17.7. The van der Waals surface area contributed by atoms with Gasteiger partial charge < -0.3 is 5.32 Å². The molecule has 1 N–H and O–H groups in total. The van der Waals surface area contributed by atoms with E-state index >= 15 is 0 Å². The van der Waals surface area contributed by atoms with Crippen LogP contribution in [0.2, 0.25) is 10.0 Å². The van der Waals surface area contributed by atoms with Gasteiger partial charge >= 0.3 is 6.03 Å². The van der Waals surface area contributed by atoms with E-state index in [1.54, 1.807) is 18.2 Å². The minimum absolute atomic E-state index is 0.146. The number of nitrogens with one attached hydrogen (secondary N) is 1. The molecule has 2 rings (SSSR count). The van der Waals surface area contributed by atoms with Crippen molar-refractivity contribution >= 4 is 46.5 Å². The number of hydrogen-bond acceptors (Lipinski definition) is 2. The van der Waals surface area contributed by atoms with Crippen molar-refractivity contribution in [3.8, 4) is 0 Å². The summed E-state index contributed by atoms with van der Waals surface area (Å²) in [6.07, 6.45) is 0.587. The lowest BCUT2D eigenvalue weighted by molar-refractivity contribution is 0.127. The van der Waals surface area contributed by atoms with Gasteiger partial charge in [-0.05, 0) is 49.2 Å². The third kappa shape index (κ3) is 6.40. The monoisotopic (exact) mass is 400 g/mol. The van der Waals surface area contributed by atoms with Crippen LogP contribution >= 0.6 is 34.8 Å². The zero-order valence-electron chi connectivity index (χ0n) is 13.7. The van der Waals surface area contributed by atoms with Crippen LogP contribution in [-0.4, -0.2) is 24.6 Å². The summed E-state index contributed by atoms with van der Waals surface area (Å²) in [5.41, 5.74) is 1.57. The summed E-state index contributed by atoms with van der Waals surface area (Å²) in [4.78, 5) is 18.1. The Labute approximate surface area is 162 Å². The first-order chi connectivity index (χ1) is 12.0. The normalized spacial score (nSPS) is 11.8. The van der Waals surface area contributed by atoms with Crippen molar-refractivity contribution in [1.29, 1.82) is 0 Å². The Hall–Kier alpha value is -1.46. The molecule has 0 aromatic heterocycles. The molecule has 0 fully saturated rings. The topological polar surface area (TPSA) is 41.6 Å². The average Bonchev–Trinajstić information content (AvgIpc) is 2.55. The zero-order valence-corrected chi connectivity index (χ0v) is 16.0. The molecule has 0 heterocycles. The predicted octanol–water partition coefficient (Wildman–Crippen LogP) is 5.31. The number of alkyl halides is 1. The highest BCUT2D eigenvalue weighted by Gasteiger charge is 2.19. The molecule has 0 spiro atoms. The van der Waals surface area contributed by atoms with Gasteiger partial charge in [-0.15, -0.1) is 11.6 Å². The third-order valence-corrected chi connectivity index (χ3v) is 3.90. The first-order valence-electron chi connectivity index (χ1n) is 7.79. The van der Waals surface area contributed by atoms with E-state index < -0.39 is 0 Å². The van der Waals surface area contributed by atoms with Gasteiger partial charge in [-0.25, -0.2) is 4.79 Å². The molecular weight excluding hydrogens is 383 g/mol. The second-order valence-corrected chi connectivity index (χ2v) is 6.74. The van der Waals surface area contributed by atoms with E-state index in [9.17, 15) is 4.79 Å². The Kier molecular flexibility index (Phi) is 7.85. The highest BCUT2D eigenvalue weighted by atomic mass is 35.5. The summed E-state index contributed by atoms with van der Waals surface area (Å²) in [5, 5.41) is 5.25. The van der Waals surface area contributed by atoms with Crippen LogP contribution in [0.15, 0.2) is 48.5 Å². The maximum atomic E-state index is 12.6. The van der Waals surface area contributed by atoms with E-state index in [4.69, 9.17) is 39.6 Å². The minimum Gasteiger partial charge on any atom is -0.333 e. The van der Waals surface area contributed by atoms with Gasteiger partial charge in [-0.2, -0.15) is 5.06 Å². The van der Waals surface area contributed by atoms with E-state index in [-0.39, 0.29) is 24.6 Å². The molecule has 0 aliphatic rings. The maximum Gasteiger partial charge on any atom is 0.346 e. The standard InChI is InChI=1S/C18H19Cl3N2O2/c1-13(9-14-10-15(20)12-16(21)11-14)22-18(24)23(25-8-7-19)17-5-3-2-4-6-17/h2-6,10-13H,7-9H2,1H3,(H,22,24). The van der Waals surface area contributed by atoms with Crippen LogP contribution in [0.3, 0.4) is 0 Å². The molecular formula is C18H19Cl3N2O2. The lowest BCUT2D eigenvalue weighted by Gasteiger charge is -2.24. The molecule has 0 aliphatic carbocycles. The fourth-order valence-corrected chi connectivity index (χ4v) is 2.98. The highest BCUT2D eigenvalue weighted by Crippen LogP contribution is 2.20. The first-order valence-corrected chi connectivity index (χ1v) is 9.08. The second kappa shape index (κ2) is 9.88. The molecule has 2 amide bonds. The Morgan fingerprint density at radius 2 is 1.80 bits per heavy atom. The van der Waals surface area contributed by atoms with Crippen molar-refractivity contribution in [3.05, 3.63) is 64.1 Å². The van der Waals surface area contributed by atoms with E-state index in [0.717, 1.165) is 5.56 Å². The Bertz CT molecular complexity index is 678. The molecule has 0 saturated carbocycles. The number of para-hydroxylation sites is 1. The van der Waals surface area contributed by atoms with Crippen molar-refractivity contribution < 1.29 is 9.63 Å². The van der Waals surface area contributed by atoms with Crippen LogP contribution in [0.1, 0.15) is 12.5 Å². The van der Waals surface area contributed by atoms with Crippen molar-refractivity contribution in [3.63, 3.8) is 0 Å². The van der Waals surface area contributed by atoms with Gasteiger partial charge in [0.05, 0.1) is 12.3 Å². The van der Waals surface area contributed by atoms with Crippen molar-refractivity contribution in [2.24, 2.45) is 0 Å². The molecule has 2 aromatic carbocycles. The molecule has 4 nitrogen and oxygen atoms in total. The van der Waals surface area contributed by atoms with Crippen molar-refractivity contribution in [2.75, 3.05) is 17.6 Å². The van der Waals surface area contributed by atoms with Crippen LogP contribution < -0.4 is 10.4 Å². The number of nitrogens with zero attached hydrogens (tertiary/aromatic N) is 1. The summed E-state index contributed by atoms with van der Waals surface area (Å²) in [5.74, 6) is 0.285. The number of urea groups is 1. The van der Waals surface area contributed by atoms with Crippen LogP contribution in [-0.2, 0) is 11.3 Å². The highest BCUT2D eigenvalue weighted by molar-refractivity contribution is 6.34. The number of amides is 2. The molecule has 0 radical (unpaired) electrons. The molecule has 1 unspecified atom stereocenters. The second-order valence-electron chi connectivity index (χ2n) is 5.48. The molecule has 0 bridgehead atoms. The quantitative estimate of drug-likeness (QED) is 0.504. The van der Waals surface area contributed by atoms with Gasteiger partial charge in [0, 0.05) is 22.0 Å². The molecule has 25 heavy (non-hydrogen) atoms. The number of halogens is 3. The predicted molar refractivity (Wildman–Crippen MR) is 104 cm³/mol. The van der Waals surface area contributed by atoms with E-state index in [0.29, 0.717) is 22.2 Å². The maximum absolute atomic E-state index is 12.6. The van der Waals surface area contributed by atoms with Gasteiger partial charge in [0.2, 0.25) is 0 Å². The van der Waals surface area contributed by atoms with Crippen molar-refractivity contribution in [2.45, 2.75) is 19.4 Å².